The van der Waals surface area contributed by atoms with Crippen LogP contribution in [0.3, 0.4) is 0 Å². The van der Waals surface area contributed by atoms with E-state index in [0.717, 1.165) is 42.9 Å². The van der Waals surface area contributed by atoms with Crippen molar-refractivity contribution in [2.24, 2.45) is 0 Å². The zero-order chi connectivity index (χ0) is 24.1. The fourth-order valence-corrected chi connectivity index (χ4v) is 5.66. The van der Waals surface area contributed by atoms with Crippen LogP contribution < -0.4 is 4.90 Å². The number of aromatic nitrogens is 2. The van der Waals surface area contributed by atoms with E-state index in [1.807, 2.05) is 36.5 Å². The normalized spacial score (nSPS) is 14.0. The number of carbonyl (C=O) groups is 1. The van der Waals surface area contributed by atoms with Gasteiger partial charge >= 0.3 is 5.97 Å². The molecule has 2 aromatic carbocycles. The first-order valence-corrected chi connectivity index (χ1v) is 13.0. The van der Waals surface area contributed by atoms with Gasteiger partial charge in [0.2, 0.25) is 10.0 Å². The predicted molar refractivity (Wildman–Crippen MR) is 131 cm³/mol. The number of nitrogens with zero attached hydrogens (tertiary/aromatic N) is 4. The lowest BCUT2D eigenvalue weighted by molar-refractivity contribution is 0.0473. The zero-order valence-corrected chi connectivity index (χ0v) is 20.4. The van der Waals surface area contributed by atoms with Gasteiger partial charge in [-0.3, -0.25) is 0 Å². The molecule has 3 aromatic rings. The van der Waals surface area contributed by atoms with E-state index >= 15 is 0 Å². The molecule has 0 amide bonds. The van der Waals surface area contributed by atoms with Crippen LogP contribution in [0.15, 0.2) is 65.8 Å². The highest BCUT2D eigenvalue weighted by Gasteiger charge is 2.27. The largest absolute Gasteiger partial charge is 0.457 e. The van der Waals surface area contributed by atoms with Gasteiger partial charge in [-0.15, -0.1) is 0 Å². The fourth-order valence-electron chi connectivity index (χ4n) is 4.18. The van der Waals surface area contributed by atoms with Gasteiger partial charge in [0.1, 0.15) is 6.61 Å². The van der Waals surface area contributed by atoms with Gasteiger partial charge in [-0.05, 0) is 54.8 Å². The number of esters is 1. The third-order valence-corrected chi connectivity index (χ3v) is 8.10. The average Bonchev–Trinajstić information content (AvgIpc) is 3.58. The van der Waals surface area contributed by atoms with Crippen LogP contribution in [0.2, 0.25) is 0 Å². The first-order valence-electron chi connectivity index (χ1n) is 11.6. The SMILES string of the molecule is CCN(CC)S(=O)(=O)c1ccc(N2CCCC2)c(C(=O)OCc2ccc(-n3cccn3)cc2)c1. The van der Waals surface area contributed by atoms with E-state index in [-0.39, 0.29) is 17.1 Å². The minimum absolute atomic E-state index is 0.0880. The van der Waals surface area contributed by atoms with Gasteiger partial charge in [-0.25, -0.2) is 17.9 Å². The molecule has 2 heterocycles. The molecule has 0 aliphatic carbocycles. The molecule has 1 aliphatic rings. The number of hydrogen-bond donors (Lipinski definition) is 0. The van der Waals surface area contributed by atoms with Gasteiger partial charge in [0, 0.05) is 38.6 Å². The number of anilines is 1. The smallest absolute Gasteiger partial charge is 0.340 e. The second kappa shape index (κ2) is 10.4. The quantitative estimate of drug-likeness (QED) is 0.431. The molecule has 1 aromatic heterocycles. The third-order valence-electron chi connectivity index (χ3n) is 6.05. The Morgan fingerprint density at radius 3 is 2.38 bits per heavy atom. The highest BCUT2D eigenvalue weighted by Crippen LogP contribution is 2.29. The van der Waals surface area contributed by atoms with Crippen LogP contribution in [-0.4, -0.2) is 54.7 Å². The minimum atomic E-state index is -3.69. The van der Waals surface area contributed by atoms with Gasteiger partial charge in [0.25, 0.3) is 0 Å². The third kappa shape index (κ3) is 5.00. The minimum Gasteiger partial charge on any atom is -0.457 e. The van der Waals surface area contributed by atoms with E-state index in [1.165, 1.54) is 10.4 Å². The number of hydrogen-bond acceptors (Lipinski definition) is 6. The van der Waals surface area contributed by atoms with Crippen molar-refractivity contribution < 1.29 is 17.9 Å². The molecule has 0 unspecified atom stereocenters. The highest BCUT2D eigenvalue weighted by molar-refractivity contribution is 7.89. The fraction of sp³-hybridized carbons (Fsp3) is 0.360. The average molecular weight is 483 g/mol. The Kier molecular flexibility index (Phi) is 7.33. The second-order valence-electron chi connectivity index (χ2n) is 8.16. The summed E-state index contributed by atoms with van der Waals surface area (Å²) in [5.41, 5.74) is 2.74. The lowest BCUT2D eigenvalue weighted by Crippen LogP contribution is -2.31. The Balaban J connectivity index is 1.57. The summed E-state index contributed by atoms with van der Waals surface area (Å²) in [4.78, 5) is 15.4. The standard InChI is InChI=1S/C25H30N4O4S/c1-3-28(4-2)34(31,32)22-12-13-24(27-15-5-6-16-27)23(18-22)25(30)33-19-20-8-10-21(11-9-20)29-17-7-14-26-29/h7-14,17-18H,3-6,15-16,19H2,1-2H3. The summed E-state index contributed by atoms with van der Waals surface area (Å²) in [5.74, 6) is -0.533. The molecule has 0 saturated carbocycles. The van der Waals surface area contributed by atoms with Crippen LogP contribution in [0.1, 0.15) is 42.6 Å². The summed E-state index contributed by atoms with van der Waals surface area (Å²) in [7, 11) is -3.69. The Morgan fingerprint density at radius 2 is 1.76 bits per heavy atom. The van der Waals surface area contributed by atoms with Crippen molar-refractivity contribution in [2.45, 2.75) is 38.2 Å². The molecule has 0 N–H and O–H groups in total. The van der Waals surface area contributed by atoms with Crippen molar-refractivity contribution in [3.8, 4) is 5.69 Å². The first kappa shape index (κ1) is 24.0. The van der Waals surface area contributed by atoms with Crippen molar-refractivity contribution in [3.05, 3.63) is 72.1 Å². The maximum absolute atomic E-state index is 13.2. The molecule has 0 atom stereocenters. The lowest BCUT2D eigenvalue weighted by atomic mass is 10.1. The highest BCUT2D eigenvalue weighted by atomic mass is 32.2. The van der Waals surface area contributed by atoms with Gasteiger partial charge in [0.15, 0.2) is 0 Å². The molecule has 4 rings (SSSR count). The zero-order valence-electron chi connectivity index (χ0n) is 19.6. The maximum Gasteiger partial charge on any atom is 0.340 e. The molecule has 34 heavy (non-hydrogen) atoms. The van der Waals surface area contributed by atoms with Crippen molar-refractivity contribution in [2.75, 3.05) is 31.1 Å². The van der Waals surface area contributed by atoms with Crippen molar-refractivity contribution in [1.82, 2.24) is 14.1 Å². The van der Waals surface area contributed by atoms with E-state index in [2.05, 4.69) is 10.00 Å². The topological polar surface area (TPSA) is 84.7 Å². The number of sulfonamides is 1. The summed E-state index contributed by atoms with van der Waals surface area (Å²) in [6.07, 6.45) is 5.64. The lowest BCUT2D eigenvalue weighted by Gasteiger charge is -2.23. The molecule has 1 saturated heterocycles. The van der Waals surface area contributed by atoms with Gasteiger partial charge in [-0.1, -0.05) is 26.0 Å². The predicted octanol–water partition coefficient (Wildman–Crippen LogP) is 3.86. The summed E-state index contributed by atoms with van der Waals surface area (Å²) < 4.78 is 34.9. The monoisotopic (exact) mass is 482 g/mol. The van der Waals surface area contributed by atoms with Crippen LogP contribution in [0.25, 0.3) is 5.69 Å². The molecule has 1 aliphatic heterocycles. The molecule has 0 radical (unpaired) electrons. The van der Waals surface area contributed by atoms with E-state index in [4.69, 9.17) is 4.74 Å². The van der Waals surface area contributed by atoms with Crippen LogP contribution in [0.4, 0.5) is 5.69 Å². The molecule has 9 heteroatoms. The van der Waals surface area contributed by atoms with Crippen LogP contribution in [-0.2, 0) is 21.4 Å². The summed E-state index contributed by atoms with van der Waals surface area (Å²) in [6, 6.07) is 14.2. The van der Waals surface area contributed by atoms with Crippen LogP contribution in [0, 0.1) is 0 Å². The summed E-state index contributed by atoms with van der Waals surface area (Å²) >= 11 is 0. The molecular formula is C25H30N4O4S. The van der Waals surface area contributed by atoms with E-state index in [9.17, 15) is 13.2 Å². The number of ether oxygens (including phenoxy) is 1. The molecular weight excluding hydrogens is 452 g/mol. The Bertz CT molecular complexity index is 1210. The van der Waals surface area contributed by atoms with Crippen molar-refractivity contribution in [3.63, 3.8) is 0 Å². The molecule has 8 nitrogen and oxygen atoms in total. The Hall–Kier alpha value is -3.17. The van der Waals surface area contributed by atoms with Gasteiger partial charge in [-0.2, -0.15) is 9.40 Å². The van der Waals surface area contributed by atoms with Crippen LogP contribution in [0.5, 0.6) is 0 Å². The Morgan fingerprint density at radius 1 is 1.06 bits per heavy atom. The number of rotatable bonds is 9. The van der Waals surface area contributed by atoms with Crippen LogP contribution >= 0.6 is 0 Å². The molecule has 1 fully saturated rings. The summed E-state index contributed by atoms with van der Waals surface area (Å²) in [5, 5.41) is 4.20. The van der Waals surface area contributed by atoms with Crippen molar-refractivity contribution in [1.29, 1.82) is 0 Å². The van der Waals surface area contributed by atoms with Gasteiger partial charge in [0.05, 0.1) is 21.8 Å². The van der Waals surface area contributed by atoms with Crippen molar-refractivity contribution >= 4 is 21.7 Å². The first-order chi connectivity index (χ1) is 16.4. The van der Waals surface area contributed by atoms with E-state index < -0.39 is 16.0 Å². The number of carbonyl (C=O) groups excluding carboxylic acids is 1. The van der Waals surface area contributed by atoms with E-state index in [1.54, 1.807) is 36.9 Å². The molecule has 180 valence electrons. The second-order valence-corrected chi connectivity index (χ2v) is 10.1. The molecule has 0 spiro atoms. The van der Waals surface area contributed by atoms with Gasteiger partial charge < -0.3 is 9.64 Å². The molecule has 0 bridgehead atoms. The Labute approximate surface area is 200 Å². The van der Waals surface area contributed by atoms with E-state index in [0.29, 0.717) is 13.1 Å². The summed E-state index contributed by atoms with van der Waals surface area (Å²) in [6.45, 7) is 6.07. The maximum atomic E-state index is 13.2. The number of benzene rings is 2.